The molecule has 0 bridgehead atoms. The minimum Gasteiger partial charge on any atom is -0.435 e. The van der Waals surface area contributed by atoms with Crippen molar-refractivity contribution in [2.45, 2.75) is 0 Å². The Hall–Kier alpha value is -2.50. The molecule has 0 saturated carbocycles. The predicted octanol–water partition coefficient (Wildman–Crippen LogP) is 1.23. The fourth-order valence-electron chi connectivity index (χ4n) is 1.43. The fourth-order valence-corrected chi connectivity index (χ4v) is 1.43. The van der Waals surface area contributed by atoms with Crippen LogP contribution in [0.3, 0.4) is 0 Å². The molecule has 2 aromatic heterocycles. The molecule has 0 aromatic carbocycles. The fraction of sp³-hybridized carbons (Fsp3) is 0. The van der Waals surface area contributed by atoms with E-state index in [2.05, 4.69) is 20.5 Å². The summed E-state index contributed by atoms with van der Waals surface area (Å²) in [6, 6.07) is 3.20. The van der Waals surface area contributed by atoms with Gasteiger partial charge in [-0.25, -0.2) is 0 Å². The lowest BCUT2D eigenvalue weighted by Crippen LogP contribution is -2.11. The maximum Gasteiger partial charge on any atom is 0.261 e. The number of hydrogen-bond donors (Lipinski definition) is 1. The third-order valence-electron chi connectivity index (χ3n) is 2.17. The number of nitrogens with one attached hydrogen (secondary N) is 1. The van der Waals surface area contributed by atoms with E-state index in [0.717, 1.165) is 0 Å². The van der Waals surface area contributed by atoms with Gasteiger partial charge >= 0.3 is 0 Å². The Morgan fingerprint density at radius 3 is 3.12 bits per heavy atom. The summed E-state index contributed by atoms with van der Waals surface area (Å²) in [6.45, 7) is 0. The van der Waals surface area contributed by atoms with E-state index in [1.54, 1.807) is 18.3 Å². The van der Waals surface area contributed by atoms with Gasteiger partial charge in [-0.15, -0.1) is 5.10 Å². The van der Waals surface area contributed by atoms with Gasteiger partial charge in [0.2, 0.25) is 0 Å². The lowest BCUT2D eigenvalue weighted by molar-refractivity contribution is 0.102. The molecule has 2 aromatic rings. The zero-order valence-corrected chi connectivity index (χ0v) is 8.04. The lowest BCUT2D eigenvalue weighted by atomic mass is 10.3. The van der Waals surface area contributed by atoms with Crippen LogP contribution in [-0.4, -0.2) is 21.1 Å². The summed E-state index contributed by atoms with van der Waals surface area (Å²) in [4.78, 5) is 15.7. The van der Waals surface area contributed by atoms with E-state index in [9.17, 15) is 4.79 Å². The molecule has 0 radical (unpaired) electrons. The average molecular weight is 214 g/mol. The van der Waals surface area contributed by atoms with Crippen LogP contribution in [0.25, 0.3) is 0 Å². The number of pyridine rings is 1. The van der Waals surface area contributed by atoms with Crippen molar-refractivity contribution in [3.8, 4) is 11.6 Å². The number of hydrogen-bond acceptors (Lipinski definition) is 5. The minimum atomic E-state index is -0.281. The van der Waals surface area contributed by atoms with Crippen molar-refractivity contribution in [2.75, 3.05) is 5.32 Å². The Bertz CT molecular complexity index is 570. The summed E-state index contributed by atoms with van der Waals surface area (Å²) in [6.07, 6.45) is 4.54. The molecule has 3 rings (SSSR count). The first-order valence-corrected chi connectivity index (χ1v) is 4.59. The summed E-state index contributed by atoms with van der Waals surface area (Å²) in [5.41, 5.74) is 0.872. The Morgan fingerprint density at radius 2 is 2.19 bits per heavy atom. The molecular formula is C10H6N4O2. The second-order valence-corrected chi connectivity index (χ2v) is 3.18. The second kappa shape index (κ2) is 3.27. The van der Waals surface area contributed by atoms with Gasteiger partial charge in [0, 0.05) is 12.3 Å². The van der Waals surface area contributed by atoms with Crippen LogP contribution in [0.2, 0.25) is 0 Å². The number of rotatable bonds is 0. The quantitative estimate of drug-likeness (QED) is 0.713. The first-order valence-electron chi connectivity index (χ1n) is 4.59. The van der Waals surface area contributed by atoms with E-state index in [0.29, 0.717) is 17.0 Å². The molecule has 16 heavy (non-hydrogen) atoms. The van der Waals surface area contributed by atoms with Crippen LogP contribution in [0, 0.1) is 0 Å². The lowest BCUT2D eigenvalue weighted by Gasteiger charge is -2.03. The standard InChI is InChI=1S/C10H6N4O2/c15-9-6-1-4-12-14-10(6)16-8-2-3-11-5-7(8)13-9/h1-5H,(H,13,15). The van der Waals surface area contributed by atoms with Gasteiger partial charge in [0.25, 0.3) is 11.8 Å². The molecule has 0 fully saturated rings. The van der Waals surface area contributed by atoms with Crippen LogP contribution in [0.1, 0.15) is 10.4 Å². The van der Waals surface area contributed by atoms with Gasteiger partial charge in [-0.2, -0.15) is 5.10 Å². The summed E-state index contributed by atoms with van der Waals surface area (Å²) >= 11 is 0. The predicted molar refractivity (Wildman–Crippen MR) is 54.3 cm³/mol. The normalized spacial score (nSPS) is 12.9. The SMILES string of the molecule is O=C1Nc2cnccc2Oc2nnccc21. The third-order valence-corrected chi connectivity index (χ3v) is 2.17. The van der Waals surface area contributed by atoms with Gasteiger partial charge in [0.15, 0.2) is 5.75 Å². The second-order valence-electron chi connectivity index (χ2n) is 3.18. The Balaban J connectivity index is 2.18. The maximum atomic E-state index is 11.8. The van der Waals surface area contributed by atoms with E-state index >= 15 is 0 Å². The monoisotopic (exact) mass is 214 g/mol. The maximum absolute atomic E-state index is 11.8. The molecule has 1 aliphatic rings. The van der Waals surface area contributed by atoms with Crippen molar-refractivity contribution in [3.05, 3.63) is 36.3 Å². The largest absolute Gasteiger partial charge is 0.435 e. The summed E-state index contributed by atoms with van der Waals surface area (Å²) in [5, 5.41) is 10.1. The first-order chi connectivity index (χ1) is 7.84. The van der Waals surface area contributed by atoms with Gasteiger partial charge in [0.05, 0.1) is 12.4 Å². The van der Waals surface area contributed by atoms with Crippen LogP contribution in [0.5, 0.6) is 11.6 Å². The van der Waals surface area contributed by atoms with Crippen LogP contribution < -0.4 is 10.1 Å². The molecule has 0 spiro atoms. The Labute approximate surface area is 90.3 Å². The number of nitrogens with zero attached hydrogens (tertiary/aromatic N) is 3. The number of fused-ring (bicyclic) bond motifs is 2. The van der Waals surface area contributed by atoms with Gasteiger partial charge < -0.3 is 10.1 Å². The number of ether oxygens (including phenoxy) is 1. The van der Waals surface area contributed by atoms with Crippen LogP contribution in [-0.2, 0) is 0 Å². The molecule has 0 saturated heterocycles. The van der Waals surface area contributed by atoms with Crippen LogP contribution in [0.15, 0.2) is 30.7 Å². The highest BCUT2D eigenvalue weighted by atomic mass is 16.5. The van der Waals surface area contributed by atoms with Crippen molar-refractivity contribution in [2.24, 2.45) is 0 Å². The molecular weight excluding hydrogens is 208 g/mol. The van der Waals surface area contributed by atoms with Crippen molar-refractivity contribution in [3.63, 3.8) is 0 Å². The number of amides is 1. The average Bonchev–Trinajstić information content (AvgIpc) is 2.45. The zero-order chi connectivity index (χ0) is 11.0. The van der Waals surface area contributed by atoms with E-state index in [1.807, 2.05) is 0 Å². The van der Waals surface area contributed by atoms with Crippen molar-refractivity contribution >= 4 is 11.6 Å². The first kappa shape index (κ1) is 8.78. The van der Waals surface area contributed by atoms with Crippen molar-refractivity contribution in [1.29, 1.82) is 0 Å². The summed E-state index contributed by atoms with van der Waals surface area (Å²) in [7, 11) is 0. The molecule has 0 aliphatic carbocycles. The highest BCUT2D eigenvalue weighted by molar-refractivity contribution is 6.07. The van der Waals surface area contributed by atoms with Gasteiger partial charge in [-0.1, -0.05) is 0 Å². The minimum absolute atomic E-state index is 0.199. The molecule has 1 amide bonds. The molecule has 1 N–H and O–H groups in total. The van der Waals surface area contributed by atoms with E-state index < -0.39 is 0 Å². The van der Waals surface area contributed by atoms with Crippen molar-refractivity contribution in [1.82, 2.24) is 15.2 Å². The molecule has 1 aliphatic heterocycles. The topological polar surface area (TPSA) is 77.0 Å². The third kappa shape index (κ3) is 1.28. The van der Waals surface area contributed by atoms with Gasteiger partial charge in [-0.3, -0.25) is 9.78 Å². The molecule has 3 heterocycles. The van der Waals surface area contributed by atoms with Gasteiger partial charge in [-0.05, 0) is 6.07 Å². The number of anilines is 1. The zero-order valence-electron chi connectivity index (χ0n) is 8.04. The number of carbonyl (C=O) groups is 1. The van der Waals surface area contributed by atoms with Crippen LogP contribution in [0.4, 0.5) is 5.69 Å². The highest BCUT2D eigenvalue weighted by Gasteiger charge is 2.21. The van der Waals surface area contributed by atoms with Crippen molar-refractivity contribution < 1.29 is 9.53 Å². The summed E-state index contributed by atoms with van der Waals surface area (Å²) in [5.74, 6) is 0.421. The Morgan fingerprint density at radius 1 is 1.25 bits per heavy atom. The van der Waals surface area contributed by atoms with E-state index in [-0.39, 0.29) is 11.8 Å². The number of carbonyl (C=O) groups excluding carboxylic acids is 1. The number of aromatic nitrogens is 3. The van der Waals surface area contributed by atoms with Crippen LogP contribution >= 0.6 is 0 Å². The molecule has 0 atom stereocenters. The Kier molecular flexibility index (Phi) is 1.79. The van der Waals surface area contributed by atoms with E-state index in [4.69, 9.17) is 4.74 Å². The molecule has 6 heteroatoms. The summed E-state index contributed by atoms with van der Waals surface area (Å²) < 4.78 is 5.48. The molecule has 0 unspecified atom stereocenters. The smallest absolute Gasteiger partial charge is 0.261 e. The van der Waals surface area contributed by atoms with E-state index in [1.165, 1.54) is 12.4 Å². The van der Waals surface area contributed by atoms with Gasteiger partial charge in [0.1, 0.15) is 11.3 Å². The molecule has 78 valence electrons. The molecule has 6 nitrogen and oxygen atoms in total. The highest BCUT2D eigenvalue weighted by Crippen LogP contribution is 2.32.